The lowest BCUT2D eigenvalue weighted by atomic mass is 9.91. The van der Waals surface area contributed by atoms with Crippen molar-refractivity contribution in [3.63, 3.8) is 0 Å². The van der Waals surface area contributed by atoms with Crippen molar-refractivity contribution in [2.24, 2.45) is 0 Å². The Morgan fingerprint density at radius 3 is 2.75 bits per heavy atom. The predicted molar refractivity (Wildman–Crippen MR) is 188 cm³/mol. The van der Waals surface area contributed by atoms with Crippen LogP contribution in [0, 0.1) is 17.7 Å². The summed E-state index contributed by atoms with van der Waals surface area (Å²) in [5.74, 6) is 3.95. The number of fused-ring (bicyclic) bond motifs is 3. The number of nitrogens with zero attached hydrogens (tertiary/aromatic N) is 7. The number of carbonyl (C=O) groups excluding carboxylic acids is 1. The molecule has 0 aliphatic carbocycles. The molecule has 2 aromatic heterocycles. The van der Waals surface area contributed by atoms with Gasteiger partial charge in [-0.15, -0.1) is 5.92 Å². The number of amides is 1. The van der Waals surface area contributed by atoms with Gasteiger partial charge in [0.25, 0.3) is 5.91 Å². The lowest BCUT2D eigenvalue weighted by Gasteiger charge is -2.33. The zero-order valence-electron chi connectivity index (χ0n) is 29.2. The Labute approximate surface area is 307 Å². The fraction of sp³-hybridized carbons (Fsp3) is 0.500. The lowest BCUT2D eigenvalue weighted by molar-refractivity contribution is -0.140. The molecule has 6 heterocycles. The van der Waals surface area contributed by atoms with Gasteiger partial charge in [-0.2, -0.15) is 28.2 Å². The van der Waals surface area contributed by atoms with E-state index in [4.69, 9.17) is 25.2 Å². The molecular weight excluding hydrogens is 748 g/mol. The molecule has 11 nitrogen and oxygen atoms in total. The average molecular weight is 788 g/mol. The summed E-state index contributed by atoms with van der Waals surface area (Å²) in [7, 11) is 3.31. The van der Waals surface area contributed by atoms with Crippen molar-refractivity contribution in [2.45, 2.75) is 76.5 Å². The number of hydrogen-bond donors (Lipinski definition) is 1. The normalized spacial score (nSPS) is 21.6. The molecule has 7 rings (SSSR count). The molecule has 0 saturated carbocycles. The summed E-state index contributed by atoms with van der Waals surface area (Å²) in [6.07, 6.45) is -3.12. The quantitative estimate of drug-likeness (QED) is 0.147. The van der Waals surface area contributed by atoms with Gasteiger partial charge in [0, 0.05) is 56.8 Å². The number of rotatable bonds is 6. The molecule has 2 saturated heterocycles. The number of halogens is 5. The highest BCUT2D eigenvalue weighted by Gasteiger charge is 2.47. The first kappa shape index (κ1) is 36.2. The van der Waals surface area contributed by atoms with Crippen LogP contribution in [0.3, 0.4) is 0 Å². The van der Waals surface area contributed by atoms with E-state index in [1.54, 1.807) is 18.8 Å². The highest BCUT2D eigenvalue weighted by atomic mass is 79.9. The van der Waals surface area contributed by atoms with Gasteiger partial charge in [-0.25, -0.2) is 4.39 Å². The Morgan fingerprint density at radius 1 is 1.23 bits per heavy atom. The van der Waals surface area contributed by atoms with Crippen LogP contribution in [-0.2, 0) is 37.0 Å². The fourth-order valence-electron chi connectivity index (χ4n) is 7.94. The van der Waals surface area contributed by atoms with E-state index in [9.17, 15) is 18.0 Å². The molecule has 2 fully saturated rings. The third kappa shape index (κ3) is 6.40. The SMILES string of the molecule is C=C1CN2CCC[C@@]2(COc2nc3c(c(N4CCCn5nc(C(=O)N(C)C)c(Br)c5C4)n2)CO[C@H](c2c(F)c(N)cc(C#CC)c2C(F)(F)F)C3)C1. The Bertz CT molecular complexity index is 2020. The molecule has 1 amide bonds. The molecule has 52 heavy (non-hydrogen) atoms. The van der Waals surface area contributed by atoms with Gasteiger partial charge in [0.1, 0.15) is 12.4 Å². The largest absolute Gasteiger partial charge is 0.461 e. The second kappa shape index (κ2) is 13.7. The zero-order chi connectivity index (χ0) is 37.1. The third-order valence-electron chi connectivity index (χ3n) is 10.3. The van der Waals surface area contributed by atoms with Crippen molar-refractivity contribution >= 4 is 33.3 Å². The minimum Gasteiger partial charge on any atom is -0.461 e. The van der Waals surface area contributed by atoms with Gasteiger partial charge < -0.3 is 25.0 Å². The maximum absolute atomic E-state index is 15.7. The molecule has 2 N–H and O–H groups in total. The second-order valence-electron chi connectivity index (χ2n) is 14.0. The van der Waals surface area contributed by atoms with Gasteiger partial charge in [0.05, 0.1) is 51.9 Å². The third-order valence-corrected chi connectivity index (χ3v) is 11.1. The number of nitrogens with two attached hydrogens (primary N) is 1. The van der Waals surface area contributed by atoms with Crippen LogP contribution in [0.15, 0.2) is 22.7 Å². The van der Waals surface area contributed by atoms with Gasteiger partial charge in [-0.3, -0.25) is 14.4 Å². The maximum Gasteiger partial charge on any atom is 0.418 e. The molecule has 16 heteroatoms. The van der Waals surface area contributed by atoms with Crippen molar-refractivity contribution in [1.82, 2.24) is 29.5 Å². The number of hydrogen-bond acceptors (Lipinski definition) is 9. The highest BCUT2D eigenvalue weighted by molar-refractivity contribution is 9.10. The molecule has 2 atom stereocenters. The number of nitrogen functional groups attached to an aromatic ring is 1. The molecule has 0 bridgehead atoms. The Hall–Kier alpha value is -4.20. The summed E-state index contributed by atoms with van der Waals surface area (Å²) < 4.78 is 74.4. The van der Waals surface area contributed by atoms with E-state index in [-0.39, 0.29) is 36.2 Å². The minimum atomic E-state index is -4.94. The van der Waals surface area contributed by atoms with Crippen molar-refractivity contribution in [1.29, 1.82) is 0 Å². The molecule has 0 radical (unpaired) electrons. The van der Waals surface area contributed by atoms with Gasteiger partial charge in [0.2, 0.25) is 0 Å². The van der Waals surface area contributed by atoms with E-state index in [1.165, 1.54) is 11.8 Å². The predicted octanol–water partition coefficient (Wildman–Crippen LogP) is 5.65. The molecule has 3 aromatic rings. The number of anilines is 2. The van der Waals surface area contributed by atoms with Crippen LogP contribution in [0.25, 0.3) is 0 Å². The first-order chi connectivity index (χ1) is 24.7. The summed E-state index contributed by atoms with van der Waals surface area (Å²) in [5.41, 5.74) is 5.97. The molecule has 4 aliphatic rings. The number of aromatic nitrogens is 4. The Morgan fingerprint density at radius 2 is 2.02 bits per heavy atom. The van der Waals surface area contributed by atoms with Gasteiger partial charge in [-0.05, 0) is 61.1 Å². The highest BCUT2D eigenvalue weighted by Crippen LogP contribution is 2.45. The van der Waals surface area contributed by atoms with Crippen LogP contribution in [0.5, 0.6) is 6.01 Å². The van der Waals surface area contributed by atoms with Crippen molar-refractivity contribution in [3.05, 3.63) is 67.8 Å². The van der Waals surface area contributed by atoms with Gasteiger partial charge in [0.15, 0.2) is 11.5 Å². The molecule has 0 spiro atoms. The smallest absolute Gasteiger partial charge is 0.418 e. The topological polar surface area (TPSA) is 115 Å². The monoisotopic (exact) mass is 786 g/mol. The Kier molecular flexibility index (Phi) is 9.50. The van der Waals surface area contributed by atoms with E-state index < -0.39 is 40.5 Å². The maximum atomic E-state index is 15.7. The number of carbonyl (C=O) groups is 1. The molecular formula is C36H39BrF4N8O3. The molecule has 1 aromatic carbocycles. The average Bonchev–Trinajstić information content (AvgIpc) is 3.66. The van der Waals surface area contributed by atoms with Gasteiger partial charge in [-0.1, -0.05) is 18.1 Å². The lowest BCUT2D eigenvalue weighted by Crippen LogP contribution is -2.43. The second-order valence-corrected chi connectivity index (χ2v) is 14.8. The van der Waals surface area contributed by atoms with Crippen LogP contribution < -0.4 is 15.4 Å². The van der Waals surface area contributed by atoms with Crippen molar-refractivity contribution in [2.75, 3.05) is 51.0 Å². The summed E-state index contributed by atoms with van der Waals surface area (Å²) in [5, 5.41) is 4.59. The standard InChI is InChI=1S/C36H39BrF4N8O3/c1-5-8-21-13-23(42)30(38)27(28(21)36(39,40)41)26-14-24-22(18-51-26)32(44-34(43-24)52-19-35-9-6-11-48(35)16-20(2)15-35)47-10-7-12-49-25(17-47)29(37)31(45-49)33(50)46(3)4/h13,26H,2,6-7,9-12,14-19,42H2,1,3-4H3/t26-,35-/m0/s1. The number of alkyl halides is 3. The number of aryl methyl sites for hydroxylation is 1. The van der Waals surface area contributed by atoms with Crippen LogP contribution >= 0.6 is 15.9 Å². The summed E-state index contributed by atoms with van der Waals surface area (Å²) in [4.78, 5) is 28.4. The van der Waals surface area contributed by atoms with Crippen LogP contribution in [-0.4, -0.2) is 81.3 Å². The van der Waals surface area contributed by atoms with Crippen molar-refractivity contribution in [3.8, 4) is 17.9 Å². The van der Waals surface area contributed by atoms with Gasteiger partial charge >= 0.3 is 12.2 Å². The number of ether oxygens (including phenoxy) is 2. The molecule has 4 aliphatic heterocycles. The molecule has 0 unspecified atom stereocenters. The first-order valence-electron chi connectivity index (χ1n) is 17.1. The fourth-order valence-corrected chi connectivity index (χ4v) is 8.52. The van der Waals surface area contributed by atoms with E-state index in [1.807, 2.05) is 4.90 Å². The Balaban J connectivity index is 1.30. The van der Waals surface area contributed by atoms with E-state index in [0.29, 0.717) is 54.2 Å². The first-order valence-corrected chi connectivity index (χ1v) is 17.9. The minimum absolute atomic E-state index is 0.0649. The van der Waals surface area contributed by atoms with Crippen LogP contribution in [0.4, 0.5) is 29.1 Å². The van der Waals surface area contributed by atoms with E-state index >= 15 is 4.39 Å². The van der Waals surface area contributed by atoms with E-state index in [2.05, 4.69) is 44.3 Å². The van der Waals surface area contributed by atoms with Crippen LogP contribution in [0.2, 0.25) is 0 Å². The number of benzene rings is 1. The summed E-state index contributed by atoms with van der Waals surface area (Å²) in [6, 6.07) is 0.972. The van der Waals surface area contributed by atoms with E-state index in [0.717, 1.165) is 49.7 Å². The summed E-state index contributed by atoms with van der Waals surface area (Å²) >= 11 is 3.61. The van der Waals surface area contributed by atoms with Crippen molar-refractivity contribution < 1.29 is 31.8 Å². The summed E-state index contributed by atoms with van der Waals surface area (Å²) in [6.45, 7) is 8.83. The zero-order valence-corrected chi connectivity index (χ0v) is 30.8. The molecule has 276 valence electrons. The van der Waals surface area contributed by atoms with Crippen LogP contribution in [0.1, 0.15) is 82.8 Å².